The van der Waals surface area contributed by atoms with Crippen molar-refractivity contribution in [2.75, 3.05) is 33.4 Å². The lowest BCUT2D eigenvalue weighted by Crippen LogP contribution is -2.33. The lowest BCUT2D eigenvalue weighted by molar-refractivity contribution is 0.199. The van der Waals surface area contributed by atoms with Crippen LogP contribution in [0.5, 0.6) is 0 Å². The standard InChI is InChI=1S/C13H19N3O3S.ClH/c1-11-3-4-12(10-14)9-13(11)20(17,18)16-6-5-15-7-8-19-2;/h3-4,9,15-16H,5-8H2,1-2H3;1H. The van der Waals surface area contributed by atoms with E-state index in [-0.39, 0.29) is 23.8 Å². The second kappa shape index (κ2) is 9.71. The summed E-state index contributed by atoms with van der Waals surface area (Å²) < 4.78 is 31.6. The van der Waals surface area contributed by atoms with Crippen LogP contribution in [0, 0.1) is 18.3 Å². The van der Waals surface area contributed by atoms with Crippen LogP contribution in [0.1, 0.15) is 11.1 Å². The Bertz CT molecular complexity index is 585. The molecule has 1 rings (SSSR count). The first-order valence-corrected chi connectivity index (χ1v) is 7.69. The van der Waals surface area contributed by atoms with Crippen LogP contribution >= 0.6 is 12.4 Å². The zero-order valence-electron chi connectivity index (χ0n) is 12.0. The van der Waals surface area contributed by atoms with E-state index in [1.807, 2.05) is 6.07 Å². The SMILES string of the molecule is COCCNCCNS(=O)(=O)c1cc(C#N)ccc1C.Cl. The number of ether oxygens (including phenoxy) is 1. The molecule has 0 atom stereocenters. The molecule has 0 heterocycles. The van der Waals surface area contributed by atoms with E-state index in [0.717, 1.165) is 0 Å². The van der Waals surface area contributed by atoms with Crippen LogP contribution in [0.25, 0.3) is 0 Å². The van der Waals surface area contributed by atoms with Gasteiger partial charge < -0.3 is 10.1 Å². The molecule has 0 saturated carbocycles. The van der Waals surface area contributed by atoms with Crippen LogP contribution in [0.3, 0.4) is 0 Å². The molecular formula is C13H20ClN3O3S. The van der Waals surface area contributed by atoms with E-state index in [4.69, 9.17) is 10.00 Å². The van der Waals surface area contributed by atoms with Crippen molar-refractivity contribution in [3.8, 4) is 6.07 Å². The first-order chi connectivity index (χ1) is 9.51. The van der Waals surface area contributed by atoms with Gasteiger partial charge in [0.1, 0.15) is 0 Å². The van der Waals surface area contributed by atoms with Crippen molar-refractivity contribution in [3.05, 3.63) is 29.3 Å². The Balaban J connectivity index is 0.00000400. The number of rotatable bonds is 8. The molecule has 2 N–H and O–H groups in total. The first-order valence-electron chi connectivity index (χ1n) is 6.21. The van der Waals surface area contributed by atoms with Crippen molar-refractivity contribution < 1.29 is 13.2 Å². The predicted molar refractivity (Wildman–Crippen MR) is 83.1 cm³/mol. The lowest BCUT2D eigenvalue weighted by atomic mass is 10.2. The minimum atomic E-state index is -3.59. The Kier molecular flexibility index (Phi) is 9.17. The number of aryl methyl sites for hydroxylation is 1. The molecule has 0 fully saturated rings. The topological polar surface area (TPSA) is 91.2 Å². The zero-order chi connectivity index (χ0) is 15.0. The van der Waals surface area contributed by atoms with Gasteiger partial charge in [-0.05, 0) is 24.6 Å². The Labute approximate surface area is 132 Å². The van der Waals surface area contributed by atoms with Gasteiger partial charge in [0, 0.05) is 26.7 Å². The fraction of sp³-hybridized carbons (Fsp3) is 0.462. The minimum absolute atomic E-state index is 0. The molecule has 0 amide bonds. The highest BCUT2D eigenvalue weighted by atomic mass is 35.5. The summed E-state index contributed by atoms with van der Waals surface area (Å²) in [6, 6.07) is 6.55. The number of methoxy groups -OCH3 is 1. The fourth-order valence-electron chi connectivity index (χ4n) is 1.61. The maximum Gasteiger partial charge on any atom is 0.240 e. The molecule has 0 aromatic heterocycles. The number of benzene rings is 1. The summed E-state index contributed by atoms with van der Waals surface area (Å²) in [5.41, 5.74) is 0.943. The average molecular weight is 334 g/mol. The molecule has 0 spiro atoms. The number of sulfonamides is 1. The van der Waals surface area contributed by atoms with Crippen LogP contribution in [-0.4, -0.2) is 41.8 Å². The normalized spacial score (nSPS) is 10.7. The van der Waals surface area contributed by atoms with Crippen molar-refractivity contribution >= 4 is 22.4 Å². The van der Waals surface area contributed by atoms with E-state index in [2.05, 4.69) is 10.0 Å². The van der Waals surface area contributed by atoms with Crippen LogP contribution in [0.4, 0.5) is 0 Å². The number of nitrogens with one attached hydrogen (secondary N) is 2. The zero-order valence-corrected chi connectivity index (χ0v) is 13.7. The maximum absolute atomic E-state index is 12.1. The van der Waals surface area contributed by atoms with Gasteiger partial charge in [0.05, 0.1) is 23.1 Å². The summed E-state index contributed by atoms with van der Waals surface area (Å²) in [7, 11) is -1.98. The van der Waals surface area contributed by atoms with E-state index in [1.165, 1.54) is 6.07 Å². The lowest BCUT2D eigenvalue weighted by Gasteiger charge is -2.10. The number of halogens is 1. The highest BCUT2D eigenvalue weighted by Crippen LogP contribution is 2.16. The van der Waals surface area contributed by atoms with Gasteiger partial charge in [-0.15, -0.1) is 12.4 Å². The number of hydrogen-bond donors (Lipinski definition) is 2. The minimum Gasteiger partial charge on any atom is -0.383 e. The summed E-state index contributed by atoms with van der Waals surface area (Å²) in [6.45, 7) is 3.74. The Morgan fingerprint density at radius 1 is 1.29 bits per heavy atom. The number of nitriles is 1. The molecule has 0 radical (unpaired) electrons. The highest BCUT2D eigenvalue weighted by Gasteiger charge is 2.16. The molecule has 1 aromatic carbocycles. The molecule has 0 aliphatic carbocycles. The van der Waals surface area contributed by atoms with E-state index in [0.29, 0.717) is 30.8 Å². The van der Waals surface area contributed by atoms with E-state index in [9.17, 15) is 8.42 Å². The third-order valence-corrected chi connectivity index (χ3v) is 4.29. The van der Waals surface area contributed by atoms with Crippen molar-refractivity contribution in [2.45, 2.75) is 11.8 Å². The van der Waals surface area contributed by atoms with Crippen LogP contribution in [-0.2, 0) is 14.8 Å². The van der Waals surface area contributed by atoms with Crippen LogP contribution in [0.15, 0.2) is 23.1 Å². The van der Waals surface area contributed by atoms with Gasteiger partial charge in [-0.1, -0.05) is 6.07 Å². The summed E-state index contributed by atoms with van der Waals surface area (Å²) in [6.07, 6.45) is 0. The molecule has 118 valence electrons. The Morgan fingerprint density at radius 3 is 2.62 bits per heavy atom. The second-order valence-electron chi connectivity index (χ2n) is 4.23. The third kappa shape index (κ3) is 6.42. The number of nitrogens with zero attached hydrogens (tertiary/aromatic N) is 1. The fourth-order valence-corrected chi connectivity index (χ4v) is 2.91. The summed E-state index contributed by atoms with van der Waals surface area (Å²) in [5.74, 6) is 0. The van der Waals surface area contributed by atoms with Gasteiger partial charge in [-0.3, -0.25) is 0 Å². The van der Waals surface area contributed by atoms with Crippen LogP contribution in [0.2, 0.25) is 0 Å². The molecule has 0 saturated heterocycles. The smallest absolute Gasteiger partial charge is 0.240 e. The Morgan fingerprint density at radius 2 is 2.00 bits per heavy atom. The monoisotopic (exact) mass is 333 g/mol. The van der Waals surface area contributed by atoms with E-state index in [1.54, 1.807) is 26.2 Å². The van der Waals surface area contributed by atoms with Gasteiger partial charge in [0.15, 0.2) is 0 Å². The first kappa shape index (κ1) is 19.8. The largest absolute Gasteiger partial charge is 0.383 e. The maximum atomic E-state index is 12.1. The molecule has 8 heteroatoms. The summed E-state index contributed by atoms with van der Waals surface area (Å²) >= 11 is 0. The molecule has 0 unspecified atom stereocenters. The van der Waals surface area contributed by atoms with Gasteiger partial charge in [-0.25, -0.2) is 13.1 Å². The van der Waals surface area contributed by atoms with Crippen molar-refractivity contribution in [1.82, 2.24) is 10.0 Å². The quantitative estimate of drug-likeness (QED) is 0.687. The van der Waals surface area contributed by atoms with Gasteiger partial charge in [0.2, 0.25) is 10.0 Å². The average Bonchev–Trinajstić information content (AvgIpc) is 2.43. The molecule has 21 heavy (non-hydrogen) atoms. The van der Waals surface area contributed by atoms with E-state index < -0.39 is 10.0 Å². The molecule has 0 bridgehead atoms. The molecule has 6 nitrogen and oxygen atoms in total. The van der Waals surface area contributed by atoms with Gasteiger partial charge >= 0.3 is 0 Å². The predicted octanol–water partition coefficient (Wildman–Crippen LogP) is 0.803. The van der Waals surface area contributed by atoms with Crippen molar-refractivity contribution in [2.24, 2.45) is 0 Å². The molecular weight excluding hydrogens is 314 g/mol. The summed E-state index contributed by atoms with van der Waals surface area (Å²) in [5, 5.41) is 11.9. The van der Waals surface area contributed by atoms with E-state index >= 15 is 0 Å². The third-order valence-electron chi connectivity index (χ3n) is 2.68. The second-order valence-corrected chi connectivity index (χ2v) is 5.97. The van der Waals surface area contributed by atoms with Gasteiger partial charge in [-0.2, -0.15) is 5.26 Å². The van der Waals surface area contributed by atoms with Crippen LogP contribution < -0.4 is 10.0 Å². The van der Waals surface area contributed by atoms with Crippen molar-refractivity contribution in [1.29, 1.82) is 5.26 Å². The summed E-state index contributed by atoms with van der Waals surface area (Å²) in [4.78, 5) is 0.147. The highest BCUT2D eigenvalue weighted by molar-refractivity contribution is 7.89. The number of hydrogen-bond acceptors (Lipinski definition) is 5. The van der Waals surface area contributed by atoms with Gasteiger partial charge in [0.25, 0.3) is 0 Å². The Hall–Kier alpha value is -1.17. The molecule has 0 aliphatic heterocycles. The molecule has 1 aromatic rings. The molecule has 0 aliphatic rings. The van der Waals surface area contributed by atoms with Crippen molar-refractivity contribution in [3.63, 3.8) is 0 Å².